The zero-order valence-electron chi connectivity index (χ0n) is 23.7. The third-order valence-electron chi connectivity index (χ3n) is 6.34. The molecule has 3 heterocycles. The Morgan fingerprint density at radius 3 is 2.65 bits per heavy atom. The maximum atomic E-state index is 13.3. The van der Waals surface area contributed by atoms with Crippen LogP contribution in [0.5, 0.6) is 0 Å². The lowest BCUT2D eigenvalue weighted by molar-refractivity contribution is -0.139. The van der Waals surface area contributed by atoms with Crippen LogP contribution in [0.25, 0.3) is 23.2 Å². The number of fused-ring (bicyclic) bond motifs is 1. The van der Waals surface area contributed by atoms with Crippen molar-refractivity contribution in [2.75, 3.05) is 35.2 Å². The first-order chi connectivity index (χ1) is 20.7. The number of amides is 1. The molecule has 226 valence electrons. The number of carboxylic acids is 1. The molecule has 13 nitrogen and oxygen atoms in total. The van der Waals surface area contributed by atoms with Crippen LogP contribution in [0.2, 0.25) is 0 Å². The van der Waals surface area contributed by atoms with Crippen molar-refractivity contribution in [3.05, 3.63) is 71.7 Å². The van der Waals surface area contributed by atoms with Gasteiger partial charge in [0.1, 0.15) is 17.5 Å². The molecule has 0 unspecified atom stereocenters. The Bertz CT molecular complexity index is 1740. The maximum absolute atomic E-state index is 13.3. The van der Waals surface area contributed by atoms with Gasteiger partial charge in [0.25, 0.3) is 5.91 Å². The number of anilines is 3. The van der Waals surface area contributed by atoms with Crippen molar-refractivity contribution in [3.8, 4) is 0 Å². The van der Waals surface area contributed by atoms with Crippen LogP contribution < -0.4 is 19.7 Å². The van der Waals surface area contributed by atoms with Crippen molar-refractivity contribution in [2.24, 2.45) is 0 Å². The molecule has 0 radical (unpaired) electrons. The van der Waals surface area contributed by atoms with E-state index in [-0.39, 0.29) is 30.6 Å². The van der Waals surface area contributed by atoms with E-state index in [9.17, 15) is 23.1 Å². The molecular formula is C28H32N8O5S2. The number of aliphatic carboxylic acids is 1. The van der Waals surface area contributed by atoms with E-state index in [1.807, 2.05) is 12.3 Å². The summed E-state index contributed by atoms with van der Waals surface area (Å²) in [6.45, 7) is 1.65. The Morgan fingerprint density at radius 1 is 1.14 bits per heavy atom. The molecule has 0 spiro atoms. The first-order valence-electron chi connectivity index (χ1n) is 13.3. The van der Waals surface area contributed by atoms with E-state index in [2.05, 4.69) is 35.3 Å². The number of aromatic nitrogens is 4. The third-order valence-corrected chi connectivity index (χ3v) is 8.58. The standard InChI is InChI=1S/C28H32N8O5S2/c1-4-36(43(40,41)35-23(27(38)39)14-17-42-3)25-18(8-7-15-31-25)11-12-22-19-13-16-30-24(19)34-28(33-22)32-21-10-6-5-9-20(21)26(37)29-2/h5-13,15-16,23,35H,4,14,17H2,1-3H3,(H,29,37)(H,38,39)(H2,30,32,33,34)/b12-11+/t23-/m0/s1. The van der Waals surface area contributed by atoms with Crippen molar-refractivity contribution in [2.45, 2.75) is 19.4 Å². The average molecular weight is 625 g/mol. The molecule has 0 bridgehead atoms. The van der Waals surface area contributed by atoms with Gasteiger partial charge in [0, 0.05) is 36.9 Å². The van der Waals surface area contributed by atoms with Gasteiger partial charge in [0.2, 0.25) is 5.95 Å². The van der Waals surface area contributed by atoms with E-state index in [1.54, 1.807) is 68.7 Å². The number of thioether (sulfide) groups is 1. The zero-order chi connectivity index (χ0) is 31.0. The molecule has 4 aromatic rings. The molecule has 5 N–H and O–H groups in total. The minimum Gasteiger partial charge on any atom is -0.480 e. The highest BCUT2D eigenvalue weighted by molar-refractivity contribution is 7.98. The summed E-state index contributed by atoms with van der Waals surface area (Å²) < 4.78 is 30.0. The first-order valence-corrected chi connectivity index (χ1v) is 16.1. The van der Waals surface area contributed by atoms with Gasteiger partial charge in [-0.1, -0.05) is 12.1 Å². The van der Waals surface area contributed by atoms with Crippen LogP contribution in [0, 0.1) is 0 Å². The van der Waals surface area contributed by atoms with Gasteiger partial charge in [-0.15, -0.1) is 0 Å². The van der Waals surface area contributed by atoms with Crippen LogP contribution in [0.3, 0.4) is 0 Å². The summed E-state index contributed by atoms with van der Waals surface area (Å²) in [6.07, 6.45) is 8.53. The lowest BCUT2D eigenvalue weighted by Gasteiger charge is -2.25. The van der Waals surface area contributed by atoms with Gasteiger partial charge < -0.3 is 20.7 Å². The summed E-state index contributed by atoms with van der Waals surface area (Å²) >= 11 is 1.43. The number of hydrogen-bond acceptors (Lipinski definition) is 9. The molecule has 4 rings (SSSR count). The largest absolute Gasteiger partial charge is 0.480 e. The van der Waals surface area contributed by atoms with Gasteiger partial charge in [-0.25, -0.2) is 14.3 Å². The second kappa shape index (κ2) is 14.1. The third kappa shape index (κ3) is 7.49. The molecule has 0 aliphatic heterocycles. The van der Waals surface area contributed by atoms with Crippen LogP contribution in [0.15, 0.2) is 54.9 Å². The molecule has 0 saturated heterocycles. The number of carboxylic acid groups (broad SMARTS) is 1. The molecule has 1 aromatic carbocycles. The fraction of sp³-hybridized carbons (Fsp3) is 0.250. The Kier molecular flexibility index (Phi) is 10.3. The van der Waals surface area contributed by atoms with Crippen molar-refractivity contribution < 1.29 is 23.1 Å². The highest BCUT2D eigenvalue weighted by Crippen LogP contribution is 2.26. The van der Waals surface area contributed by atoms with E-state index in [4.69, 9.17) is 0 Å². The molecule has 15 heteroatoms. The number of carbonyl (C=O) groups is 2. The second-order valence-electron chi connectivity index (χ2n) is 9.13. The van der Waals surface area contributed by atoms with Gasteiger partial charge in [0.05, 0.1) is 16.9 Å². The van der Waals surface area contributed by atoms with E-state index in [1.165, 1.54) is 18.0 Å². The number of carbonyl (C=O) groups excluding carboxylic acids is 1. The summed E-state index contributed by atoms with van der Waals surface area (Å²) in [5.41, 5.74) is 2.48. The number of hydrogen-bond donors (Lipinski definition) is 5. The topological polar surface area (TPSA) is 182 Å². The second-order valence-corrected chi connectivity index (χ2v) is 11.7. The van der Waals surface area contributed by atoms with E-state index >= 15 is 0 Å². The molecule has 1 atom stereocenters. The minimum absolute atomic E-state index is 0.0103. The van der Waals surface area contributed by atoms with Crippen LogP contribution >= 0.6 is 11.8 Å². The lowest BCUT2D eigenvalue weighted by atomic mass is 10.1. The van der Waals surface area contributed by atoms with Crippen LogP contribution in [-0.4, -0.2) is 77.0 Å². The summed E-state index contributed by atoms with van der Waals surface area (Å²) in [7, 11) is -2.71. The smallest absolute Gasteiger partial charge is 0.321 e. The van der Waals surface area contributed by atoms with Crippen molar-refractivity contribution >= 4 is 74.5 Å². The number of rotatable bonds is 14. The number of nitrogens with one attached hydrogen (secondary N) is 4. The van der Waals surface area contributed by atoms with Gasteiger partial charge in [-0.05, 0) is 67.8 Å². The quantitative estimate of drug-likeness (QED) is 0.139. The number of benzene rings is 1. The van der Waals surface area contributed by atoms with Gasteiger partial charge in [-0.3, -0.25) is 9.59 Å². The predicted octanol–water partition coefficient (Wildman–Crippen LogP) is 3.49. The molecular weight excluding hydrogens is 592 g/mol. The fourth-order valence-corrected chi connectivity index (χ4v) is 6.15. The molecule has 1 amide bonds. The molecule has 0 aliphatic rings. The Morgan fingerprint density at radius 2 is 1.93 bits per heavy atom. The van der Waals surface area contributed by atoms with Crippen LogP contribution in [0.4, 0.5) is 17.5 Å². The van der Waals surface area contributed by atoms with E-state index in [0.717, 1.165) is 4.31 Å². The SMILES string of the molecule is CCN(c1ncccc1/C=C/c1nc(Nc2ccccc2C(=O)NC)nc2[nH]ccc12)S(=O)(=O)N[C@@H](CCSC)C(=O)O. The average Bonchev–Trinajstić information content (AvgIpc) is 3.47. The normalized spacial score (nSPS) is 12.3. The highest BCUT2D eigenvalue weighted by atomic mass is 32.2. The lowest BCUT2D eigenvalue weighted by Crippen LogP contribution is -2.49. The number of pyridine rings is 1. The number of H-pyrrole nitrogens is 1. The Hall–Kier alpha value is -4.47. The summed E-state index contributed by atoms with van der Waals surface area (Å²) in [5, 5.41) is 16.0. The monoisotopic (exact) mass is 624 g/mol. The van der Waals surface area contributed by atoms with Gasteiger partial charge in [-0.2, -0.15) is 29.9 Å². The Labute approximate surface area is 253 Å². The summed E-state index contributed by atoms with van der Waals surface area (Å²) in [6, 6.07) is 10.9. The van der Waals surface area contributed by atoms with Crippen LogP contribution in [0.1, 0.15) is 35.0 Å². The van der Waals surface area contributed by atoms with Crippen LogP contribution in [-0.2, 0) is 15.0 Å². The number of nitrogens with zero attached hydrogens (tertiary/aromatic N) is 4. The minimum atomic E-state index is -4.26. The number of para-hydroxylation sites is 1. The predicted molar refractivity (Wildman–Crippen MR) is 170 cm³/mol. The Balaban J connectivity index is 1.68. The van der Waals surface area contributed by atoms with Gasteiger partial charge >= 0.3 is 16.2 Å². The zero-order valence-corrected chi connectivity index (χ0v) is 25.4. The maximum Gasteiger partial charge on any atom is 0.321 e. The first kappa shape index (κ1) is 31.5. The van der Waals surface area contributed by atoms with E-state index < -0.39 is 22.2 Å². The molecule has 0 saturated carbocycles. The molecule has 0 fully saturated rings. The molecule has 3 aromatic heterocycles. The number of aromatic amines is 1. The molecule has 0 aliphatic carbocycles. The van der Waals surface area contributed by atoms with Crippen molar-refractivity contribution in [1.82, 2.24) is 30.0 Å². The van der Waals surface area contributed by atoms with Crippen molar-refractivity contribution in [1.29, 1.82) is 0 Å². The van der Waals surface area contributed by atoms with Gasteiger partial charge in [0.15, 0.2) is 0 Å². The molecule has 43 heavy (non-hydrogen) atoms. The van der Waals surface area contributed by atoms with Crippen molar-refractivity contribution in [3.63, 3.8) is 0 Å². The summed E-state index contributed by atoms with van der Waals surface area (Å²) in [4.78, 5) is 40.6. The highest BCUT2D eigenvalue weighted by Gasteiger charge is 2.30. The van der Waals surface area contributed by atoms with E-state index in [0.29, 0.717) is 39.3 Å². The summed E-state index contributed by atoms with van der Waals surface area (Å²) in [5.74, 6) is -0.679. The fourth-order valence-electron chi connectivity index (χ4n) is 4.26.